The number of carboxylic acid groups (broad SMARTS) is 1. The van der Waals surface area contributed by atoms with Crippen LogP contribution in [0.15, 0.2) is 24.4 Å². The molecule has 2 fully saturated rings. The molecule has 0 saturated carbocycles. The Morgan fingerprint density at radius 1 is 1.24 bits per heavy atom. The molecule has 1 aromatic carbocycles. The molecule has 208 valence electrons. The van der Waals surface area contributed by atoms with Crippen LogP contribution >= 0.6 is 23.2 Å². The van der Waals surface area contributed by atoms with Gasteiger partial charge in [-0.25, -0.2) is 9.97 Å². The minimum atomic E-state index is -0.719. The molecule has 2 unspecified atom stereocenters. The van der Waals surface area contributed by atoms with E-state index >= 15 is 0 Å². The van der Waals surface area contributed by atoms with Gasteiger partial charge in [0.05, 0.1) is 18.0 Å². The summed E-state index contributed by atoms with van der Waals surface area (Å²) in [5.41, 5.74) is 1.77. The molecular weight excluding hydrogens is 523 g/mol. The van der Waals surface area contributed by atoms with E-state index in [0.29, 0.717) is 45.5 Å². The number of halogens is 2. The summed E-state index contributed by atoms with van der Waals surface area (Å²) < 4.78 is 0. The molecule has 4 rings (SSSR count). The van der Waals surface area contributed by atoms with Crippen molar-refractivity contribution in [1.29, 1.82) is 5.41 Å². The third-order valence-corrected chi connectivity index (χ3v) is 7.77. The Labute approximate surface area is 236 Å². The van der Waals surface area contributed by atoms with Crippen LogP contribution in [-0.2, 0) is 4.79 Å². The molecule has 0 spiro atoms. The van der Waals surface area contributed by atoms with Crippen LogP contribution in [0.25, 0.3) is 0 Å². The highest BCUT2D eigenvalue weighted by Crippen LogP contribution is 2.34. The molecule has 0 bridgehead atoms. The second kappa shape index (κ2) is 14.1. The van der Waals surface area contributed by atoms with E-state index in [1.54, 1.807) is 19.2 Å². The molecule has 2 aliphatic heterocycles. The van der Waals surface area contributed by atoms with E-state index in [2.05, 4.69) is 20.1 Å². The summed E-state index contributed by atoms with van der Waals surface area (Å²) in [7, 11) is 0. The molecule has 8 nitrogen and oxygen atoms in total. The molecule has 2 atom stereocenters. The van der Waals surface area contributed by atoms with Crippen molar-refractivity contribution in [2.75, 3.05) is 42.9 Å². The lowest BCUT2D eigenvalue weighted by Gasteiger charge is -2.47. The van der Waals surface area contributed by atoms with Crippen LogP contribution in [0, 0.1) is 17.2 Å². The molecule has 0 aliphatic carbocycles. The number of piperidine rings is 1. The van der Waals surface area contributed by atoms with Crippen LogP contribution in [0.5, 0.6) is 0 Å². The average molecular weight is 564 g/mol. The summed E-state index contributed by atoms with van der Waals surface area (Å²) in [5.74, 6) is 1.89. The smallest absolute Gasteiger partial charge is 0.303 e. The fraction of sp³-hybridized carbons (Fsp3) is 0.571. The summed E-state index contributed by atoms with van der Waals surface area (Å²) in [5, 5.41) is 21.6. The number of likely N-dealkylation sites (tertiary alicyclic amines) is 1. The van der Waals surface area contributed by atoms with Gasteiger partial charge >= 0.3 is 5.97 Å². The van der Waals surface area contributed by atoms with Crippen molar-refractivity contribution >= 4 is 46.5 Å². The largest absolute Gasteiger partial charge is 0.481 e. The summed E-state index contributed by atoms with van der Waals surface area (Å²) >= 11 is 12.5. The molecule has 3 N–H and O–H groups in total. The second-order valence-electron chi connectivity index (χ2n) is 9.95. The number of hydrogen-bond donors (Lipinski definition) is 3. The maximum atomic E-state index is 10.8. The van der Waals surface area contributed by atoms with Crippen LogP contribution in [0.2, 0.25) is 10.0 Å². The molecule has 3 heterocycles. The van der Waals surface area contributed by atoms with Crippen molar-refractivity contribution in [1.82, 2.24) is 14.9 Å². The van der Waals surface area contributed by atoms with E-state index in [1.165, 1.54) is 12.8 Å². The van der Waals surface area contributed by atoms with Gasteiger partial charge in [-0.3, -0.25) is 4.79 Å². The number of carbonyl (C=O) groups is 1. The van der Waals surface area contributed by atoms with E-state index < -0.39 is 5.97 Å². The molecule has 1 aromatic heterocycles. The van der Waals surface area contributed by atoms with Gasteiger partial charge in [0.1, 0.15) is 11.5 Å². The Bertz CT molecular complexity index is 1110. The summed E-state index contributed by atoms with van der Waals surface area (Å²) in [4.78, 5) is 24.9. The SMILES string of the molecule is CC.CC(=N)c1ncc(N2CC(C3CCCN(CCCC(=O)O)C3)C2)nc1NC(C)c1ccc(Cl)cc1Cl. The molecule has 0 radical (unpaired) electrons. The fourth-order valence-corrected chi connectivity index (χ4v) is 5.75. The van der Waals surface area contributed by atoms with Gasteiger partial charge in [0.2, 0.25) is 0 Å². The normalized spacial score (nSPS) is 18.7. The number of hydrogen-bond acceptors (Lipinski definition) is 7. The maximum Gasteiger partial charge on any atom is 0.303 e. The quantitative estimate of drug-likeness (QED) is 0.288. The minimum absolute atomic E-state index is 0.143. The van der Waals surface area contributed by atoms with Gasteiger partial charge < -0.3 is 25.6 Å². The lowest BCUT2D eigenvalue weighted by Crippen LogP contribution is -2.54. The Kier molecular flexibility index (Phi) is 11.2. The number of rotatable bonds is 10. The second-order valence-corrected chi connectivity index (χ2v) is 10.8. The molecule has 10 heteroatoms. The molecule has 2 saturated heterocycles. The number of nitrogens with zero attached hydrogens (tertiary/aromatic N) is 4. The van der Waals surface area contributed by atoms with E-state index in [9.17, 15) is 4.79 Å². The Balaban J connectivity index is 0.00000195. The summed E-state index contributed by atoms with van der Waals surface area (Å²) in [6.07, 6.45) is 5.09. The summed E-state index contributed by atoms with van der Waals surface area (Å²) in [6.45, 7) is 12.5. The Hall–Kier alpha value is -2.42. The number of carboxylic acids is 1. The van der Waals surface area contributed by atoms with Crippen molar-refractivity contribution < 1.29 is 9.90 Å². The molecule has 0 amide bonds. The highest BCUT2D eigenvalue weighted by Gasteiger charge is 2.36. The first-order chi connectivity index (χ1) is 18.2. The zero-order chi connectivity index (χ0) is 27.8. The van der Waals surface area contributed by atoms with Crippen molar-refractivity contribution in [3.63, 3.8) is 0 Å². The molecule has 38 heavy (non-hydrogen) atoms. The van der Waals surface area contributed by atoms with Gasteiger partial charge in [0.15, 0.2) is 5.82 Å². The van der Waals surface area contributed by atoms with Crippen molar-refractivity contribution in [2.24, 2.45) is 11.8 Å². The molecule has 2 aromatic rings. The number of nitrogens with one attached hydrogen (secondary N) is 2. The van der Waals surface area contributed by atoms with E-state index in [4.69, 9.17) is 38.7 Å². The number of aliphatic carboxylic acids is 1. The Morgan fingerprint density at radius 3 is 2.63 bits per heavy atom. The fourth-order valence-electron chi connectivity index (χ4n) is 5.17. The van der Waals surface area contributed by atoms with E-state index in [0.717, 1.165) is 44.1 Å². The highest BCUT2D eigenvalue weighted by atomic mass is 35.5. The van der Waals surface area contributed by atoms with Crippen LogP contribution in [0.3, 0.4) is 0 Å². The number of anilines is 2. The van der Waals surface area contributed by atoms with Crippen LogP contribution in [-0.4, -0.2) is 64.4 Å². The van der Waals surface area contributed by atoms with Gasteiger partial charge in [-0.05, 0) is 75.7 Å². The van der Waals surface area contributed by atoms with E-state index in [1.807, 2.05) is 32.9 Å². The van der Waals surface area contributed by atoms with Crippen LogP contribution in [0.1, 0.15) is 70.7 Å². The third kappa shape index (κ3) is 7.80. The van der Waals surface area contributed by atoms with Gasteiger partial charge in [-0.15, -0.1) is 0 Å². The van der Waals surface area contributed by atoms with Crippen LogP contribution < -0.4 is 10.2 Å². The standard InChI is InChI=1S/C26H34Cl2N6O2.C2H6/c1-16(29)25-26(31-17(2)21-8-7-20(27)11-22(21)28)32-23(12-30-25)34-14-19(15-34)18-5-3-9-33(13-18)10-4-6-24(35)36;1-2/h7-8,11-12,17-19,29H,3-6,9-10,13-15H2,1-2H3,(H,31,32)(H,35,36);1-2H3. The number of benzene rings is 1. The predicted octanol–water partition coefficient (Wildman–Crippen LogP) is 6.38. The number of aromatic nitrogens is 2. The van der Waals surface area contributed by atoms with Crippen molar-refractivity contribution in [3.05, 3.63) is 45.7 Å². The maximum absolute atomic E-state index is 10.8. The van der Waals surface area contributed by atoms with Gasteiger partial charge in [0, 0.05) is 36.1 Å². The Morgan fingerprint density at radius 2 is 1.97 bits per heavy atom. The highest BCUT2D eigenvalue weighted by molar-refractivity contribution is 6.35. The summed E-state index contributed by atoms with van der Waals surface area (Å²) in [6, 6.07) is 5.28. The zero-order valence-electron chi connectivity index (χ0n) is 22.8. The molecular formula is C28H40Cl2N6O2. The van der Waals surface area contributed by atoms with Crippen molar-refractivity contribution in [3.8, 4) is 0 Å². The first kappa shape index (κ1) is 30.1. The first-order valence-electron chi connectivity index (χ1n) is 13.5. The van der Waals surface area contributed by atoms with Crippen molar-refractivity contribution in [2.45, 2.75) is 59.4 Å². The van der Waals surface area contributed by atoms with E-state index in [-0.39, 0.29) is 12.5 Å². The minimum Gasteiger partial charge on any atom is -0.481 e. The van der Waals surface area contributed by atoms with Gasteiger partial charge in [-0.1, -0.05) is 43.1 Å². The zero-order valence-corrected chi connectivity index (χ0v) is 24.3. The molecule has 2 aliphatic rings. The predicted molar refractivity (Wildman–Crippen MR) is 156 cm³/mol. The van der Waals surface area contributed by atoms with Crippen LogP contribution in [0.4, 0.5) is 11.6 Å². The van der Waals surface area contributed by atoms with Gasteiger partial charge in [-0.2, -0.15) is 0 Å². The lowest BCUT2D eigenvalue weighted by molar-refractivity contribution is -0.137. The first-order valence-corrected chi connectivity index (χ1v) is 14.3. The lowest BCUT2D eigenvalue weighted by atomic mass is 9.80. The average Bonchev–Trinajstić information content (AvgIpc) is 2.84. The van der Waals surface area contributed by atoms with Gasteiger partial charge in [0.25, 0.3) is 0 Å². The topological polar surface area (TPSA) is 105 Å². The monoisotopic (exact) mass is 562 g/mol. The third-order valence-electron chi connectivity index (χ3n) is 7.20.